The van der Waals surface area contributed by atoms with E-state index in [0.717, 1.165) is 15.2 Å². The number of carbonyl (C=O) groups excluding carboxylic acids is 2. The summed E-state index contributed by atoms with van der Waals surface area (Å²) in [7, 11) is 0. The predicted molar refractivity (Wildman–Crippen MR) is 109 cm³/mol. The Morgan fingerprint density at radius 2 is 1.81 bits per heavy atom. The molecular weight excluding hydrogens is 407 g/mol. The normalized spacial score (nSPS) is 10.7. The average molecular weight is 423 g/mol. The molecule has 1 amide bonds. The van der Waals surface area contributed by atoms with Crippen molar-refractivity contribution in [1.82, 2.24) is 4.98 Å². The molecule has 5 nitrogen and oxygen atoms in total. The standard InChI is InChI=1S/C19H16Cl2N2O3S/c20-12-5-3-6-13(21)19(12)23-16(24)11-26-18(25)10-4-9-17-22-14-7-1-2-8-15(14)27-17/h1-3,5-8H,4,9-11H2,(H,23,24). The van der Waals surface area contributed by atoms with Crippen LogP contribution in [0.1, 0.15) is 17.8 Å². The topological polar surface area (TPSA) is 68.3 Å². The molecule has 140 valence electrons. The molecule has 1 heterocycles. The largest absolute Gasteiger partial charge is 0.456 e. The first kappa shape index (κ1) is 19.6. The van der Waals surface area contributed by atoms with Crippen molar-refractivity contribution in [2.24, 2.45) is 0 Å². The number of halogens is 2. The SMILES string of the molecule is O=C(COC(=O)CCCc1nc2ccccc2s1)Nc1c(Cl)cccc1Cl. The van der Waals surface area contributed by atoms with Crippen molar-refractivity contribution in [3.63, 3.8) is 0 Å². The lowest BCUT2D eigenvalue weighted by atomic mass is 10.2. The molecule has 1 aromatic heterocycles. The molecule has 0 unspecified atom stereocenters. The second-order valence-corrected chi connectivity index (χ2v) is 7.66. The van der Waals surface area contributed by atoms with Gasteiger partial charge in [-0.05, 0) is 37.1 Å². The summed E-state index contributed by atoms with van der Waals surface area (Å²) in [6.45, 7) is -0.387. The summed E-state index contributed by atoms with van der Waals surface area (Å²) in [5.74, 6) is -0.930. The van der Waals surface area contributed by atoms with Gasteiger partial charge in [-0.1, -0.05) is 41.4 Å². The number of nitrogens with zero attached hydrogens (tertiary/aromatic N) is 1. The van der Waals surface area contributed by atoms with Gasteiger partial charge in [-0.25, -0.2) is 4.98 Å². The van der Waals surface area contributed by atoms with Crippen LogP contribution >= 0.6 is 34.5 Å². The minimum Gasteiger partial charge on any atom is -0.456 e. The summed E-state index contributed by atoms with van der Waals surface area (Å²) < 4.78 is 6.13. The fraction of sp³-hybridized carbons (Fsp3) is 0.211. The van der Waals surface area contributed by atoms with E-state index in [2.05, 4.69) is 10.3 Å². The molecule has 8 heteroatoms. The Morgan fingerprint density at radius 1 is 1.07 bits per heavy atom. The van der Waals surface area contributed by atoms with Crippen molar-refractivity contribution in [2.45, 2.75) is 19.3 Å². The van der Waals surface area contributed by atoms with E-state index in [1.165, 1.54) is 0 Å². The average Bonchev–Trinajstić information content (AvgIpc) is 3.06. The third-order valence-electron chi connectivity index (χ3n) is 3.70. The summed E-state index contributed by atoms with van der Waals surface area (Å²) in [6, 6.07) is 12.8. The number of carbonyl (C=O) groups is 2. The molecule has 0 bridgehead atoms. The summed E-state index contributed by atoms with van der Waals surface area (Å²) >= 11 is 13.6. The quantitative estimate of drug-likeness (QED) is 0.537. The smallest absolute Gasteiger partial charge is 0.306 e. The fourth-order valence-electron chi connectivity index (χ4n) is 2.42. The zero-order valence-corrected chi connectivity index (χ0v) is 16.5. The first-order valence-corrected chi connectivity index (χ1v) is 9.84. The van der Waals surface area contributed by atoms with Crippen molar-refractivity contribution in [2.75, 3.05) is 11.9 Å². The van der Waals surface area contributed by atoms with Crippen molar-refractivity contribution in [3.05, 3.63) is 57.5 Å². The van der Waals surface area contributed by atoms with Crippen molar-refractivity contribution >= 4 is 62.3 Å². The molecule has 0 spiro atoms. The number of amides is 1. The van der Waals surface area contributed by atoms with E-state index in [1.807, 2.05) is 24.3 Å². The van der Waals surface area contributed by atoms with Crippen molar-refractivity contribution in [1.29, 1.82) is 0 Å². The molecule has 0 radical (unpaired) electrons. The zero-order valence-electron chi connectivity index (χ0n) is 14.2. The Bertz CT molecular complexity index is 921. The monoisotopic (exact) mass is 422 g/mol. The number of ether oxygens (including phenoxy) is 1. The van der Waals surface area contributed by atoms with Gasteiger partial charge in [-0.15, -0.1) is 11.3 Å². The third-order valence-corrected chi connectivity index (χ3v) is 5.43. The molecule has 27 heavy (non-hydrogen) atoms. The van der Waals surface area contributed by atoms with Crippen LogP contribution in [0.3, 0.4) is 0 Å². The number of fused-ring (bicyclic) bond motifs is 1. The van der Waals surface area contributed by atoms with E-state index < -0.39 is 11.9 Å². The number of aryl methyl sites for hydroxylation is 1. The van der Waals surface area contributed by atoms with Gasteiger partial charge in [0.1, 0.15) is 0 Å². The van der Waals surface area contributed by atoms with Crippen LogP contribution in [0.2, 0.25) is 10.0 Å². The van der Waals surface area contributed by atoms with E-state index in [-0.39, 0.29) is 13.0 Å². The Hall–Kier alpha value is -2.15. The number of hydrogen-bond donors (Lipinski definition) is 1. The van der Waals surface area contributed by atoms with Crippen LogP contribution in [0.15, 0.2) is 42.5 Å². The number of esters is 1. The number of rotatable bonds is 7. The molecule has 0 aliphatic carbocycles. The molecule has 0 atom stereocenters. The van der Waals surface area contributed by atoms with Crippen molar-refractivity contribution in [3.8, 4) is 0 Å². The maximum absolute atomic E-state index is 11.9. The van der Waals surface area contributed by atoms with Gasteiger partial charge in [-0.3, -0.25) is 9.59 Å². The number of benzene rings is 2. The molecule has 0 fully saturated rings. The number of para-hydroxylation sites is 2. The van der Waals surface area contributed by atoms with E-state index in [9.17, 15) is 9.59 Å². The minimum absolute atomic E-state index is 0.218. The van der Waals surface area contributed by atoms with Crippen LogP contribution in [0.5, 0.6) is 0 Å². The van der Waals surface area contributed by atoms with Crippen LogP contribution < -0.4 is 5.32 Å². The molecule has 2 aromatic carbocycles. The fourth-order valence-corrected chi connectivity index (χ4v) is 3.92. The predicted octanol–water partition coefficient (Wildman–Crippen LogP) is 5.11. The first-order valence-electron chi connectivity index (χ1n) is 8.27. The van der Waals surface area contributed by atoms with Crippen LogP contribution in [0.4, 0.5) is 5.69 Å². The minimum atomic E-state index is -0.496. The van der Waals surface area contributed by atoms with Crippen molar-refractivity contribution < 1.29 is 14.3 Å². The van der Waals surface area contributed by atoms with Gasteiger partial charge in [0.25, 0.3) is 5.91 Å². The van der Waals surface area contributed by atoms with E-state index >= 15 is 0 Å². The maximum atomic E-state index is 11.9. The highest BCUT2D eigenvalue weighted by Crippen LogP contribution is 2.29. The third kappa shape index (κ3) is 5.42. The maximum Gasteiger partial charge on any atom is 0.306 e. The van der Waals surface area contributed by atoms with E-state index in [4.69, 9.17) is 27.9 Å². The number of thiazole rings is 1. The van der Waals surface area contributed by atoms with Gasteiger partial charge in [0.15, 0.2) is 6.61 Å². The molecule has 0 saturated heterocycles. The van der Waals surface area contributed by atoms with E-state index in [0.29, 0.717) is 28.6 Å². The molecule has 3 aromatic rings. The van der Waals surface area contributed by atoms with E-state index in [1.54, 1.807) is 29.5 Å². The number of anilines is 1. The van der Waals surface area contributed by atoms with Crippen LogP contribution in [-0.2, 0) is 20.7 Å². The van der Waals surface area contributed by atoms with Crippen LogP contribution in [-0.4, -0.2) is 23.5 Å². The molecule has 3 rings (SSSR count). The molecule has 0 aliphatic rings. The molecule has 1 N–H and O–H groups in total. The Morgan fingerprint density at radius 3 is 2.56 bits per heavy atom. The second-order valence-electron chi connectivity index (χ2n) is 5.73. The highest BCUT2D eigenvalue weighted by Gasteiger charge is 2.12. The van der Waals surface area contributed by atoms with Gasteiger partial charge in [0, 0.05) is 6.42 Å². The van der Waals surface area contributed by atoms with Gasteiger partial charge in [0.05, 0.1) is 31.0 Å². The summed E-state index contributed by atoms with van der Waals surface area (Å²) in [4.78, 5) is 28.3. The van der Waals surface area contributed by atoms with Gasteiger partial charge < -0.3 is 10.1 Å². The highest BCUT2D eigenvalue weighted by molar-refractivity contribution is 7.18. The summed E-state index contributed by atoms with van der Waals surface area (Å²) in [6.07, 6.45) is 1.52. The van der Waals surface area contributed by atoms with Gasteiger partial charge in [-0.2, -0.15) is 0 Å². The van der Waals surface area contributed by atoms with Gasteiger partial charge >= 0.3 is 5.97 Å². The second kappa shape index (κ2) is 9.17. The first-order chi connectivity index (χ1) is 13.0. The number of nitrogens with one attached hydrogen (secondary N) is 1. The van der Waals surface area contributed by atoms with Gasteiger partial charge in [0.2, 0.25) is 0 Å². The lowest BCUT2D eigenvalue weighted by Crippen LogP contribution is -2.21. The van der Waals surface area contributed by atoms with Crippen LogP contribution in [0.25, 0.3) is 10.2 Å². The lowest BCUT2D eigenvalue weighted by molar-refractivity contribution is -0.147. The molecule has 0 saturated carbocycles. The Balaban J connectivity index is 1.41. The summed E-state index contributed by atoms with van der Waals surface area (Å²) in [5, 5.41) is 4.16. The lowest BCUT2D eigenvalue weighted by Gasteiger charge is -2.09. The van der Waals surface area contributed by atoms with Crippen LogP contribution in [0, 0.1) is 0 Å². The Kier molecular flexibility index (Phi) is 6.66. The zero-order chi connectivity index (χ0) is 19.2. The number of aromatic nitrogens is 1. The summed E-state index contributed by atoms with van der Waals surface area (Å²) in [5.41, 5.74) is 1.27. The molecular formula is C19H16Cl2N2O3S. The number of hydrogen-bond acceptors (Lipinski definition) is 5. The highest BCUT2D eigenvalue weighted by atomic mass is 35.5. The Labute approximate surface area is 170 Å². The molecule has 0 aliphatic heterocycles.